The van der Waals surface area contributed by atoms with E-state index in [2.05, 4.69) is 0 Å². The first-order valence-electron chi connectivity index (χ1n) is 5.49. The van der Waals surface area contributed by atoms with Crippen LogP contribution >= 0.6 is 0 Å². The Labute approximate surface area is 127 Å². The molecule has 138 valence electrons. The molecular weight excluding hydrogens is 385 g/mol. The third-order valence-electron chi connectivity index (χ3n) is 2.57. The Morgan fingerprint density at radius 3 is 1.58 bits per heavy atom. The lowest BCUT2D eigenvalue weighted by Gasteiger charge is -2.33. The number of phenols is 1. The Morgan fingerprint density at radius 1 is 0.792 bits per heavy atom. The van der Waals surface area contributed by atoms with Crippen LogP contribution in [0.15, 0.2) is 24.3 Å². The van der Waals surface area contributed by atoms with Crippen LogP contribution in [0.1, 0.15) is 0 Å². The Kier molecular flexibility index (Phi) is 4.71. The molecule has 1 aromatic rings. The highest BCUT2D eigenvalue weighted by Crippen LogP contribution is 2.54. The molecule has 0 radical (unpaired) electrons. The zero-order chi connectivity index (χ0) is 19.2. The zero-order valence-corrected chi connectivity index (χ0v) is 11.7. The van der Waals surface area contributed by atoms with Gasteiger partial charge >= 0.3 is 33.3 Å². The lowest BCUT2D eigenvalue weighted by molar-refractivity contribution is -0.382. The fourth-order valence-corrected chi connectivity index (χ4v) is 2.32. The summed E-state index contributed by atoms with van der Waals surface area (Å²) in [7, 11) is -6.72. The van der Waals surface area contributed by atoms with Crippen molar-refractivity contribution in [1.82, 2.24) is 0 Å². The van der Waals surface area contributed by atoms with Gasteiger partial charge in [-0.25, -0.2) is 0 Å². The van der Waals surface area contributed by atoms with Crippen LogP contribution in [-0.2, 0) is 10.0 Å². The average molecular weight is 391 g/mol. The third kappa shape index (κ3) is 3.06. The number of hydrogen-bond acceptors (Lipinski definition) is 3. The molecule has 0 aliphatic heterocycles. The maximum Gasteiger partial charge on any atom is 0.460 e. The first-order chi connectivity index (χ1) is 10.5. The zero-order valence-electron chi connectivity index (χ0n) is 10.9. The maximum absolute atomic E-state index is 13.3. The molecule has 14 heteroatoms. The molecule has 0 unspecified atom stereocenters. The second-order valence-corrected chi connectivity index (χ2v) is 6.04. The monoisotopic (exact) mass is 391 g/mol. The number of alkyl halides is 9. The van der Waals surface area contributed by atoms with Gasteiger partial charge in [0, 0.05) is 5.69 Å². The van der Waals surface area contributed by atoms with E-state index >= 15 is 0 Å². The standard InChI is InChI=1S/C10H6F9NO3S/c11-7(12,9(15,16)17)8(13,14)10(18,19)24(22,23)20-5-1-3-6(21)4-2-5/h1-4,20-21H. The summed E-state index contributed by atoms with van der Waals surface area (Å²) in [6.45, 7) is 0. The molecule has 0 fully saturated rings. The van der Waals surface area contributed by atoms with Crippen LogP contribution in [0, 0.1) is 0 Å². The van der Waals surface area contributed by atoms with Gasteiger partial charge in [-0.05, 0) is 24.3 Å². The summed E-state index contributed by atoms with van der Waals surface area (Å²) in [6.07, 6.45) is -7.13. The van der Waals surface area contributed by atoms with E-state index in [1.807, 2.05) is 0 Å². The summed E-state index contributed by atoms with van der Waals surface area (Å²) in [5, 5.41) is 2.05. The average Bonchev–Trinajstić information content (AvgIpc) is 2.39. The van der Waals surface area contributed by atoms with Crippen molar-refractivity contribution in [3.05, 3.63) is 24.3 Å². The topological polar surface area (TPSA) is 66.4 Å². The van der Waals surface area contributed by atoms with E-state index in [1.165, 1.54) is 0 Å². The third-order valence-corrected chi connectivity index (χ3v) is 4.01. The van der Waals surface area contributed by atoms with E-state index in [0.717, 1.165) is 4.72 Å². The molecule has 0 spiro atoms. The van der Waals surface area contributed by atoms with Crippen LogP contribution in [0.2, 0.25) is 0 Å². The van der Waals surface area contributed by atoms with Crippen molar-refractivity contribution in [2.45, 2.75) is 23.3 Å². The summed E-state index contributed by atoms with van der Waals surface area (Å²) < 4.78 is 137. The molecule has 1 aromatic carbocycles. The van der Waals surface area contributed by atoms with Gasteiger partial charge in [-0.15, -0.1) is 0 Å². The van der Waals surface area contributed by atoms with Gasteiger partial charge in [0.25, 0.3) is 0 Å². The van der Waals surface area contributed by atoms with Gasteiger partial charge < -0.3 is 5.11 Å². The van der Waals surface area contributed by atoms with Gasteiger partial charge in [0.2, 0.25) is 0 Å². The predicted molar refractivity (Wildman–Crippen MR) is 61.5 cm³/mol. The highest BCUT2D eigenvalue weighted by Gasteiger charge is 2.85. The van der Waals surface area contributed by atoms with Crippen LogP contribution in [0.4, 0.5) is 45.2 Å². The number of hydrogen-bond donors (Lipinski definition) is 2. The summed E-state index contributed by atoms with van der Waals surface area (Å²) in [4.78, 5) is 0. The Morgan fingerprint density at radius 2 is 1.21 bits per heavy atom. The number of benzene rings is 1. The van der Waals surface area contributed by atoms with Crippen LogP contribution in [0.5, 0.6) is 5.75 Å². The predicted octanol–water partition coefficient (Wildman–Crippen LogP) is 3.56. The Hall–Kier alpha value is -1.86. The van der Waals surface area contributed by atoms with E-state index in [0.29, 0.717) is 24.3 Å². The van der Waals surface area contributed by atoms with Gasteiger partial charge in [0.05, 0.1) is 0 Å². The van der Waals surface area contributed by atoms with E-state index in [9.17, 15) is 47.9 Å². The molecular formula is C10H6F9NO3S. The molecule has 0 aliphatic rings. The summed E-state index contributed by atoms with van der Waals surface area (Å²) in [5.41, 5.74) is -0.890. The molecule has 0 amide bonds. The molecule has 0 heterocycles. The Bertz CT molecular complexity index is 697. The van der Waals surface area contributed by atoms with Crippen molar-refractivity contribution in [1.29, 1.82) is 0 Å². The number of nitrogens with one attached hydrogen (secondary N) is 1. The van der Waals surface area contributed by atoms with Crippen molar-refractivity contribution >= 4 is 15.7 Å². The first kappa shape index (κ1) is 20.2. The molecule has 24 heavy (non-hydrogen) atoms. The van der Waals surface area contributed by atoms with Crippen LogP contribution in [0.25, 0.3) is 0 Å². The van der Waals surface area contributed by atoms with Crippen molar-refractivity contribution in [3.8, 4) is 5.75 Å². The van der Waals surface area contributed by atoms with Crippen LogP contribution in [-0.4, -0.2) is 36.8 Å². The van der Waals surface area contributed by atoms with Gasteiger partial charge in [-0.2, -0.15) is 47.9 Å². The molecule has 4 nitrogen and oxygen atoms in total. The highest BCUT2D eigenvalue weighted by molar-refractivity contribution is 7.93. The molecule has 0 bridgehead atoms. The van der Waals surface area contributed by atoms with Crippen molar-refractivity contribution < 1.29 is 53.0 Å². The molecule has 0 aliphatic carbocycles. The summed E-state index contributed by atoms with van der Waals surface area (Å²) >= 11 is 0. The number of halogens is 9. The fourth-order valence-electron chi connectivity index (χ4n) is 1.28. The van der Waals surface area contributed by atoms with Gasteiger partial charge in [-0.1, -0.05) is 0 Å². The van der Waals surface area contributed by atoms with Crippen molar-refractivity contribution in [3.63, 3.8) is 0 Å². The normalized spacial score (nSPS) is 14.5. The van der Waals surface area contributed by atoms with Gasteiger partial charge in [0.1, 0.15) is 5.75 Å². The number of anilines is 1. The number of aromatic hydroxyl groups is 1. The van der Waals surface area contributed by atoms with Gasteiger partial charge in [0.15, 0.2) is 0 Å². The minimum atomic E-state index is -7.33. The lowest BCUT2D eigenvalue weighted by Crippen LogP contribution is -2.64. The van der Waals surface area contributed by atoms with E-state index in [4.69, 9.17) is 5.11 Å². The SMILES string of the molecule is O=S(=O)(Nc1ccc(O)cc1)C(F)(F)C(F)(F)C(F)(F)C(F)(F)F. The molecule has 1 rings (SSSR count). The molecule has 0 aromatic heterocycles. The lowest BCUT2D eigenvalue weighted by atomic mass is 10.1. The molecule has 0 atom stereocenters. The summed E-state index contributed by atoms with van der Waals surface area (Å²) in [5.74, 6) is -15.1. The molecule has 0 saturated carbocycles. The fraction of sp³-hybridized carbons (Fsp3) is 0.400. The largest absolute Gasteiger partial charge is 0.508 e. The Balaban J connectivity index is 3.32. The minimum Gasteiger partial charge on any atom is -0.508 e. The van der Waals surface area contributed by atoms with E-state index < -0.39 is 44.7 Å². The van der Waals surface area contributed by atoms with Crippen molar-refractivity contribution in [2.24, 2.45) is 0 Å². The first-order valence-corrected chi connectivity index (χ1v) is 6.97. The quantitative estimate of drug-likeness (QED) is 0.596. The highest BCUT2D eigenvalue weighted by atomic mass is 32.2. The second-order valence-electron chi connectivity index (χ2n) is 4.32. The molecule has 0 saturated heterocycles. The van der Waals surface area contributed by atoms with Crippen LogP contribution in [0.3, 0.4) is 0 Å². The second kappa shape index (κ2) is 5.60. The van der Waals surface area contributed by atoms with E-state index in [1.54, 1.807) is 0 Å². The smallest absolute Gasteiger partial charge is 0.460 e. The van der Waals surface area contributed by atoms with Crippen molar-refractivity contribution in [2.75, 3.05) is 4.72 Å². The van der Waals surface area contributed by atoms with Crippen LogP contribution < -0.4 is 4.72 Å². The molecule has 2 N–H and O–H groups in total. The minimum absolute atomic E-state index is 0.501. The number of sulfonamides is 1. The number of phenolic OH excluding ortho intramolecular Hbond substituents is 1. The van der Waals surface area contributed by atoms with E-state index in [-0.39, 0.29) is 0 Å². The van der Waals surface area contributed by atoms with Gasteiger partial charge in [-0.3, -0.25) is 4.72 Å². The summed E-state index contributed by atoms with van der Waals surface area (Å²) in [6, 6.07) is 2.56. The number of rotatable bonds is 5. The maximum atomic E-state index is 13.3.